The summed E-state index contributed by atoms with van der Waals surface area (Å²) in [5.74, 6) is 0. The molecule has 0 nitrogen and oxygen atoms in total. The first kappa shape index (κ1) is 36.3. The van der Waals surface area contributed by atoms with E-state index in [2.05, 4.69) is 255 Å². The van der Waals surface area contributed by atoms with E-state index in [1.54, 1.807) is 0 Å². The first-order valence-corrected chi connectivity index (χ1v) is 21.2. The van der Waals surface area contributed by atoms with Gasteiger partial charge in [-0.1, -0.05) is 206 Å². The number of hydrogen-bond acceptors (Lipinski definition) is 0. The Balaban J connectivity index is 1.15. The van der Waals surface area contributed by atoms with Crippen molar-refractivity contribution in [2.24, 2.45) is 0 Å². The summed E-state index contributed by atoms with van der Waals surface area (Å²) in [6, 6.07) is 93.8. The minimum absolute atomic E-state index is 0.572. The van der Waals surface area contributed by atoms with E-state index in [1.165, 1.54) is 100 Å². The van der Waals surface area contributed by atoms with Gasteiger partial charge in [0.25, 0.3) is 0 Å². The van der Waals surface area contributed by atoms with Crippen LogP contribution in [0.5, 0.6) is 0 Å². The summed E-state index contributed by atoms with van der Waals surface area (Å²) < 4.78 is 0. The van der Waals surface area contributed by atoms with Gasteiger partial charge >= 0.3 is 0 Å². The van der Waals surface area contributed by atoms with E-state index in [0.717, 1.165) is 0 Å². The normalized spacial score (nSPS) is 12.4. The first-order chi connectivity index (χ1) is 30.2. The molecule has 10 aromatic carbocycles. The lowest BCUT2D eigenvalue weighted by molar-refractivity contribution is 0.769. The minimum atomic E-state index is -0.572. The number of hydrogen-bond donors (Lipinski definition) is 0. The fourth-order valence-corrected chi connectivity index (χ4v) is 9.63. The molecule has 0 N–H and O–H groups in total. The van der Waals surface area contributed by atoms with Gasteiger partial charge in [0.15, 0.2) is 0 Å². The zero-order valence-electron chi connectivity index (χ0n) is 33.7. The molecule has 0 radical (unpaired) electrons. The Bertz CT molecular complexity index is 2800. The quantitative estimate of drug-likeness (QED) is 0.144. The van der Waals surface area contributed by atoms with E-state index in [-0.39, 0.29) is 0 Å². The highest BCUT2D eigenvalue weighted by molar-refractivity contribution is 5.92. The molecule has 0 aromatic heterocycles. The van der Waals surface area contributed by atoms with Gasteiger partial charge in [0, 0.05) is 0 Å². The number of benzene rings is 10. The fraction of sp³-hybridized carbons (Fsp3) is 0.0164. The second-order valence-electron chi connectivity index (χ2n) is 16.1. The molecule has 0 heterocycles. The van der Waals surface area contributed by atoms with Crippen molar-refractivity contribution in [2.45, 2.75) is 5.41 Å². The summed E-state index contributed by atoms with van der Waals surface area (Å²) in [7, 11) is 0. The van der Waals surface area contributed by atoms with Crippen LogP contribution in [0.15, 0.2) is 255 Å². The van der Waals surface area contributed by atoms with Crippen molar-refractivity contribution in [2.75, 3.05) is 0 Å². The fourth-order valence-electron chi connectivity index (χ4n) is 9.63. The van der Waals surface area contributed by atoms with Crippen LogP contribution in [-0.4, -0.2) is 0 Å². The van der Waals surface area contributed by atoms with Crippen LogP contribution in [0.4, 0.5) is 0 Å². The highest BCUT2D eigenvalue weighted by Gasteiger charge is 2.46. The van der Waals surface area contributed by atoms with Gasteiger partial charge in [0.2, 0.25) is 0 Å². The van der Waals surface area contributed by atoms with Crippen molar-refractivity contribution in [3.8, 4) is 77.9 Å². The van der Waals surface area contributed by atoms with Crippen LogP contribution in [0.1, 0.15) is 22.3 Å². The molecule has 61 heavy (non-hydrogen) atoms. The standard InChI is InChI=1S/C61H42/c1-7-19-43(20-8-1)49-35-50(44-21-9-2-10-22-44)38-53(37-49)47-31-33-57-58-34-32-48(54-39-51(45-23-11-3-12-24-45)36-52(40-54)46-25-13-4-14-26-46)42-60(58)61(59(57)41-47,55-27-15-5-16-28-55)56-29-17-6-18-30-56/h1-42H. The van der Waals surface area contributed by atoms with Crippen molar-refractivity contribution >= 4 is 0 Å². The molecule has 286 valence electrons. The Labute approximate surface area is 358 Å². The predicted molar refractivity (Wildman–Crippen MR) is 256 cm³/mol. The highest BCUT2D eigenvalue weighted by atomic mass is 14.5. The van der Waals surface area contributed by atoms with Crippen molar-refractivity contribution in [3.05, 3.63) is 277 Å². The molecule has 0 fully saturated rings. The monoisotopic (exact) mass is 774 g/mol. The minimum Gasteiger partial charge on any atom is -0.0622 e. The van der Waals surface area contributed by atoms with Crippen molar-refractivity contribution in [1.29, 1.82) is 0 Å². The second-order valence-corrected chi connectivity index (χ2v) is 16.1. The van der Waals surface area contributed by atoms with Crippen LogP contribution in [0.2, 0.25) is 0 Å². The molecule has 0 saturated carbocycles. The van der Waals surface area contributed by atoms with Crippen LogP contribution in [0, 0.1) is 0 Å². The van der Waals surface area contributed by atoms with Crippen LogP contribution in [0.25, 0.3) is 77.9 Å². The molecule has 1 aliphatic rings. The molecule has 0 spiro atoms. The molecule has 0 aliphatic heterocycles. The van der Waals surface area contributed by atoms with Crippen molar-refractivity contribution in [3.63, 3.8) is 0 Å². The van der Waals surface area contributed by atoms with Gasteiger partial charge in [0.05, 0.1) is 5.41 Å². The molecule has 0 amide bonds. The first-order valence-electron chi connectivity index (χ1n) is 21.2. The van der Waals surface area contributed by atoms with E-state index >= 15 is 0 Å². The number of fused-ring (bicyclic) bond motifs is 3. The maximum atomic E-state index is 2.48. The van der Waals surface area contributed by atoms with E-state index in [4.69, 9.17) is 0 Å². The largest absolute Gasteiger partial charge is 0.0713 e. The Morgan fingerprint density at radius 3 is 0.705 bits per heavy atom. The SMILES string of the molecule is c1ccc(-c2cc(-c3ccccc3)cc(-c3ccc4c(c3)C(c3ccccc3)(c3ccccc3)c3cc(-c5cc(-c6ccccc6)cc(-c6ccccc6)c5)ccc3-4)c2)cc1. The second kappa shape index (κ2) is 15.4. The maximum absolute atomic E-state index is 2.48. The summed E-state index contributed by atoms with van der Waals surface area (Å²) >= 11 is 0. The lowest BCUT2D eigenvalue weighted by Gasteiger charge is -2.34. The van der Waals surface area contributed by atoms with Crippen LogP contribution >= 0.6 is 0 Å². The van der Waals surface area contributed by atoms with E-state index in [1.807, 2.05) is 0 Å². The molecule has 11 rings (SSSR count). The third-order valence-electron chi connectivity index (χ3n) is 12.5. The summed E-state index contributed by atoms with van der Waals surface area (Å²) in [6.45, 7) is 0. The summed E-state index contributed by atoms with van der Waals surface area (Å²) in [6.07, 6.45) is 0. The summed E-state index contributed by atoms with van der Waals surface area (Å²) in [4.78, 5) is 0. The third-order valence-corrected chi connectivity index (χ3v) is 12.5. The van der Waals surface area contributed by atoms with Gasteiger partial charge in [-0.05, 0) is 149 Å². The van der Waals surface area contributed by atoms with Crippen LogP contribution in [-0.2, 0) is 5.41 Å². The maximum Gasteiger partial charge on any atom is 0.0713 e. The van der Waals surface area contributed by atoms with Crippen LogP contribution in [0.3, 0.4) is 0 Å². The molecule has 10 aromatic rings. The molecule has 0 bridgehead atoms. The average Bonchev–Trinajstić information content (AvgIpc) is 3.65. The van der Waals surface area contributed by atoms with E-state index in [9.17, 15) is 0 Å². The lowest BCUT2D eigenvalue weighted by atomic mass is 9.67. The Kier molecular flexibility index (Phi) is 9.17. The van der Waals surface area contributed by atoms with E-state index < -0.39 is 5.41 Å². The van der Waals surface area contributed by atoms with Gasteiger partial charge in [-0.15, -0.1) is 0 Å². The predicted octanol–water partition coefficient (Wildman–Crippen LogP) is 16.1. The van der Waals surface area contributed by atoms with E-state index in [0.29, 0.717) is 0 Å². The molecular formula is C61H42. The topological polar surface area (TPSA) is 0 Å². The zero-order valence-corrected chi connectivity index (χ0v) is 33.7. The Morgan fingerprint density at radius 1 is 0.180 bits per heavy atom. The lowest BCUT2D eigenvalue weighted by Crippen LogP contribution is -2.28. The summed E-state index contributed by atoms with van der Waals surface area (Å²) in [5.41, 5.74) is 21.5. The molecular weight excluding hydrogens is 733 g/mol. The van der Waals surface area contributed by atoms with Gasteiger partial charge < -0.3 is 0 Å². The Morgan fingerprint density at radius 2 is 0.426 bits per heavy atom. The zero-order chi connectivity index (χ0) is 40.6. The highest BCUT2D eigenvalue weighted by Crippen LogP contribution is 2.57. The van der Waals surface area contributed by atoms with Crippen molar-refractivity contribution < 1.29 is 0 Å². The molecule has 0 saturated heterocycles. The molecule has 0 heteroatoms. The molecule has 1 aliphatic carbocycles. The van der Waals surface area contributed by atoms with Crippen LogP contribution < -0.4 is 0 Å². The third kappa shape index (κ3) is 6.51. The van der Waals surface area contributed by atoms with Gasteiger partial charge in [0.1, 0.15) is 0 Å². The molecule has 0 unspecified atom stereocenters. The van der Waals surface area contributed by atoms with Gasteiger partial charge in [-0.25, -0.2) is 0 Å². The Hall–Kier alpha value is -7.80. The summed E-state index contributed by atoms with van der Waals surface area (Å²) in [5, 5.41) is 0. The number of rotatable bonds is 8. The average molecular weight is 775 g/mol. The van der Waals surface area contributed by atoms with Gasteiger partial charge in [-0.2, -0.15) is 0 Å². The molecule has 0 atom stereocenters. The van der Waals surface area contributed by atoms with Gasteiger partial charge in [-0.3, -0.25) is 0 Å². The smallest absolute Gasteiger partial charge is 0.0622 e. The van der Waals surface area contributed by atoms with Crippen molar-refractivity contribution in [1.82, 2.24) is 0 Å².